The molecule has 1 heterocycles. The maximum Gasteiger partial charge on any atom is 0.264 e. The van der Waals surface area contributed by atoms with Gasteiger partial charge < -0.3 is 15.2 Å². The fourth-order valence-electron chi connectivity index (χ4n) is 2.25. The normalized spacial score (nSPS) is 11.4. The lowest BCUT2D eigenvalue weighted by Gasteiger charge is -2.20. The molecule has 1 aromatic carbocycles. The topological polar surface area (TPSA) is 87.0 Å². The fourth-order valence-corrected chi connectivity index (χ4v) is 2.74. The van der Waals surface area contributed by atoms with Crippen LogP contribution in [0.4, 0.5) is 0 Å². The molecule has 0 atom stereocenters. The van der Waals surface area contributed by atoms with Crippen LogP contribution >= 0.6 is 15.9 Å². The molecule has 0 aliphatic carbocycles. The van der Waals surface area contributed by atoms with Gasteiger partial charge in [0.25, 0.3) is 5.56 Å². The SMILES string of the molecule is CC(C)(C)c1ccc(OCCCC(=O)NCc2cc(=O)[nH][nH]2)c(Br)c1. The van der Waals surface area contributed by atoms with E-state index in [4.69, 9.17) is 4.74 Å². The van der Waals surface area contributed by atoms with Crippen LogP contribution in [0.25, 0.3) is 0 Å². The third-order valence-electron chi connectivity index (χ3n) is 3.73. The lowest BCUT2D eigenvalue weighted by molar-refractivity contribution is -0.121. The summed E-state index contributed by atoms with van der Waals surface area (Å²) in [5, 5.41) is 7.87. The van der Waals surface area contributed by atoms with E-state index in [-0.39, 0.29) is 16.9 Å². The van der Waals surface area contributed by atoms with Gasteiger partial charge in [0, 0.05) is 12.5 Å². The molecule has 0 saturated heterocycles. The van der Waals surface area contributed by atoms with E-state index >= 15 is 0 Å². The van der Waals surface area contributed by atoms with Gasteiger partial charge in [0.05, 0.1) is 23.3 Å². The Balaban J connectivity index is 1.72. The molecule has 0 fully saturated rings. The van der Waals surface area contributed by atoms with Crippen molar-refractivity contribution >= 4 is 21.8 Å². The second kappa shape index (κ2) is 8.38. The van der Waals surface area contributed by atoms with Gasteiger partial charge in [0.15, 0.2) is 0 Å². The van der Waals surface area contributed by atoms with Gasteiger partial charge in [-0.05, 0) is 45.5 Å². The molecule has 7 heteroatoms. The zero-order valence-electron chi connectivity index (χ0n) is 14.7. The molecular weight excluding hydrogens is 386 g/mol. The number of aromatic nitrogens is 2. The molecule has 2 rings (SSSR count). The number of benzene rings is 1. The standard InChI is InChI=1S/C18H24BrN3O3/c1-18(2,3)12-6-7-15(14(19)9-12)25-8-4-5-16(23)20-11-13-10-17(24)22-21-13/h6-7,9-10H,4-5,8,11H2,1-3H3,(H,20,23)(H2,21,22,24). The summed E-state index contributed by atoms with van der Waals surface area (Å²) >= 11 is 3.54. The number of nitrogens with one attached hydrogen (secondary N) is 3. The molecule has 0 unspecified atom stereocenters. The van der Waals surface area contributed by atoms with E-state index in [2.05, 4.69) is 64.3 Å². The van der Waals surface area contributed by atoms with Crippen LogP contribution in [-0.4, -0.2) is 22.7 Å². The first kappa shape index (κ1) is 19.3. The highest BCUT2D eigenvalue weighted by Crippen LogP contribution is 2.31. The highest BCUT2D eigenvalue weighted by molar-refractivity contribution is 9.10. The molecule has 1 aromatic heterocycles. The predicted molar refractivity (Wildman–Crippen MR) is 101 cm³/mol. The Labute approximate surface area is 155 Å². The average Bonchev–Trinajstić information content (AvgIpc) is 2.95. The molecule has 0 aliphatic rings. The first-order valence-electron chi connectivity index (χ1n) is 8.22. The number of amides is 1. The predicted octanol–water partition coefficient (Wildman–Crippen LogP) is 3.24. The number of hydrogen-bond acceptors (Lipinski definition) is 3. The van der Waals surface area contributed by atoms with Gasteiger partial charge in [-0.2, -0.15) is 0 Å². The molecule has 1 amide bonds. The summed E-state index contributed by atoms with van der Waals surface area (Å²) in [5.74, 6) is 0.700. The summed E-state index contributed by atoms with van der Waals surface area (Å²) in [6.45, 7) is 7.26. The third kappa shape index (κ3) is 6.08. The zero-order valence-corrected chi connectivity index (χ0v) is 16.3. The van der Waals surface area contributed by atoms with E-state index < -0.39 is 0 Å². The Morgan fingerprint density at radius 2 is 2.00 bits per heavy atom. The first-order chi connectivity index (χ1) is 11.8. The summed E-state index contributed by atoms with van der Waals surface area (Å²) in [6.07, 6.45) is 0.981. The van der Waals surface area contributed by atoms with Crippen molar-refractivity contribution in [1.82, 2.24) is 15.5 Å². The van der Waals surface area contributed by atoms with Crippen LogP contribution in [0.5, 0.6) is 5.75 Å². The van der Waals surface area contributed by atoms with Crippen molar-refractivity contribution in [3.8, 4) is 5.75 Å². The molecule has 0 bridgehead atoms. The van der Waals surface area contributed by atoms with Crippen LogP contribution in [0.15, 0.2) is 33.5 Å². The van der Waals surface area contributed by atoms with E-state index in [1.54, 1.807) is 0 Å². The van der Waals surface area contributed by atoms with Gasteiger partial charge >= 0.3 is 0 Å². The quantitative estimate of drug-likeness (QED) is 0.613. The summed E-state index contributed by atoms with van der Waals surface area (Å²) in [5.41, 5.74) is 1.76. The lowest BCUT2D eigenvalue weighted by atomic mass is 9.87. The second-order valence-corrected chi connectivity index (χ2v) is 7.76. The van der Waals surface area contributed by atoms with E-state index in [9.17, 15) is 9.59 Å². The number of halogens is 1. The number of aromatic amines is 2. The van der Waals surface area contributed by atoms with E-state index in [1.807, 2.05) is 6.07 Å². The minimum Gasteiger partial charge on any atom is -0.492 e. The molecule has 136 valence electrons. The van der Waals surface area contributed by atoms with Gasteiger partial charge in [-0.25, -0.2) is 0 Å². The Morgan fingerprint density at radius 1 is 1.24 bits per heavy atom. The number of ether oxygens (including phenoxy) is 1. The number of H-pyrrole nitrogens is 2. The maximum absolute atomic E-state index is 11.8. The van der Waals surface area contributed by atoms with Crippen LogP contribution in [0.2, 0.25) is 0 Å². The van der Waals surface area contributed by atoms with E-state index in [0.29, 0.717) is 31.7 Å². The smallest absolute Gasteiger partial charge is 0.264 e. The van der Waals surface area contributed by atoms with Crippen LogP contribution in [0, 0.1) is 0 Å². The summed E-state index contributed by atoms with van der Waals surface area (Å²) in [7, 11) is 0. The minimum absolute atomic E-state index is 0.0761. The van der Waals surface area contributed by atoms with Gasteiger partial charge in [-0.3, -0.25) is 14.7 Å². The monoisotopic (exact) mass is 409 g/mol. The molecular formula is C18H24BrN3O3. The lowest BCUT2D eigenvalue weighted by Crippen LogP contribution is -2.23. The average molecular weight is 410 g/mol. The van der Waals surface area contributed by atoms with E-state index in [1.165, 1.54) is 11.6 Å². The number of carbonyl (C=O) groups is 1. The van der Waals surface area contributed by atoms with Crippen molar-refractivity contribution in [1.29, 1.82) is 0 Å². The van der Waals surface area contributed by atoms with Crippen molar-refractivity contribution in [2.24, 2.45) is 0 Å². The minimum atomic E-state index is -0.208. The molecule has 3 N–H and O–H groups in total. The molecule has 2 aromatic rings. The van der Waals surface area contributed by atoms with Crippen molar-refractivity contribution in [2.45, 2.75) is 45.6 Å². The third-order valence-corrected chi connectivity index (χ3v) is 4.35. The van der Waals surface area contributed by atoms with Crippen molar-refractivity contribution in [2.75, 3.05) is 6.61 Å². The number of rotatable bonds is 7. The Kier molecular flexibility index (Phi) is 6.47. The van der Waals surface area contributed by atoms with Crippen molar-refractivity contribution < 1.29 is 9.53 Å². The molecule has 0 saturated carbocycles. The zero-order chi connectivity index (χ0) is 18.4. The number of carbonyl (C=O) groups excluding carboxylic acids is 1. The molecule has 0 spiro atoms. The summed E-state index contributed by atoms with van der Waals surface area (Å²) in [6, 6.07) is 7.50. The largest absolute Gasteiger partial charge is 0.492 e. The maximum atomic E-state index is 11.8. The molecule has 6 nitrogen and oxygen atoms in total. The van der Waals surface area contributed by atoms with Gasteiger partial charge in [-0.15, -0.1) is 0 Å². The van der Waals surface area contributed by atoms with Gasteiger partial charge in [0.2, 0.25) is 5.91 Å². The highest BCUT2D eigenvalue weighted by atomic mass is 79.9. The highest BCUT2D eigenvalue weighted by Gasteiger charge is 2.15. The van der Waals surface area contributed by atoms with Crippen molar-refractivity contribution in [3.63, 3.8) is 0 Å². The fraction of sp³-hybridized carbons (Fsp3) is 0.444. The first-order valence-corrected chi connectivity index (χ1v) is 9.01. The van der Waals surface area contributed by atoms with E-state index in [0.717, 1.165) is 10.2 Å². The van der Waals surface area contributed by atoms with Gasteiger partial charge in [0.1, 0.15) is 5.75 Å². The van der Waals surface area contributed by atoms with Crippen LogP contribution in [0.1, 0.15) is 44.9 Å². The molecule has 0 radical (unpaired) electrons. The summed E-state index contributed by atoms with van der Waals surface area (Å²) in [4.78, 5) is 22.7. The van der Waals surface area contributed by atoms with Crippen LogP contribution < -0.4 is 15.6 Å². The number of hydrogen-bond donors (Lipinski definition) is 3. The molecule has 0 aliphatic heterocycles. The van der Waals surface area contributed by atoms with Gasteiger partial charge in [-0.1, -0.05) is 26.8 Å². The van der Waals surface area contributed by atoms with Crippen molar-refractivity contribution in [3.05, 3.63) is 50.3 Å². The Morgan fingerprint density at radius 3 is 2.60 bits per heavy atom. The Bertz CT molecular complexity index is 774. The Hall–Kier alpha value is -2.02. The second-order valence-electron chi connectivity index (χ2n) is 6.91. The van der Waals surface area contributed by atoms with Crippen LogP contribution in [-0.2, 0) is 16.8 Å². The summed E-state index contributed by atoms with van der Waals surface area (Å²) < 4.78 is 6.66. The molecule has 25 heavy (non-hydrogen) atoms. The van der Waals surface area contributed by atoms with Crippen LogP contribution in [0.3, 0.4) is 0 Å².